The van der Waals surface area contributed by atoms with Crippen LogP contribution in [0.5, 0.6) is 0 Å². The van der Waals surface area contributed by atoms with E-state index in [1.54, 1.807) is 0 Å². The molecule has 0 aliphatic heterocycles. The fourth-order valence-corrected chi connectivity index (χ4v) is 2.43. The molecule has 0 bridgehead atoms. The molecule has 92 valence electrons. The number of thiocyanates is 1. The molecule has 1 aromatic rings. The maximum atomic E-state index is 12.1. The number of thioether (sulfide) groups is 1. The van der Waals surface area contributed by atoms with Crippen LogP contribution in [0.1, 0.15) is 25.7 Å². The minimum atomic E-state index is -0.0410. The minimum absolute atomic E-state index is 0.0410. The summed E-state index contributed by atoms with van der Waals surface area (Å²) in [7, 11) is 0. The van der Waals surface area contributed by atoms with E-state index < -0.39 is 0 Å². The molecule has 1 aliphatic carbocycles. The Kier molecular flexibility index (Phi) is 4.43. The maximum Gasteiger partial charge on any atom is 0.251 e. The molecule has 0 spiro atoms. The van der Waals surface area contributed by atoms with Gasteiger partial charge < -0.3 is 5.32 Å². The lowest BCUT2D eigenvalue weighted by Gasteiger charge is -2.13. The average molecular weight is 258 g/mol. The molecule has 0 saturated heterocycles. The Balaban J connectivity index is 2.11. The number of hydrogen-bond acceptors (Lipinski definition) is 3. The van der Waals surface area contributed by atoms with Crippen molar-refractivity contribution in [2.45, 2.75) is 30.6 Å². The third kappa shape index (κ3) is 3.14. The van der Waals surface area contributed by atoms with Gasteiger partial charge in [0.25, 0.3) is 5.91 Å². The Bertz CT molecular complexity index is 517. The van der Waals surface area contributed by atoms with Gasteiger partial charge in [-0.25, -0.2) is 0 Å². The van der Waals surface area contributed by atoms with Crippen molar-refractivity contribution >= 4 is 23.4 Å². The number of nitriles is 1. The Labute approximate surface area is 111 Å². The van der Waals surface area contributed by atoms with Crippen LogP contribution in [0.3, 0.4) is 0 Å². The standard InChI is InChI=1S/C14H14N2OS/c15-10-18-13-9-5-4-8-12(13)16-14(17)11-6-2-1-3-7-11/h4-6,8-9H,1-3,7H2,(H,16,17). The second-order valence-electron chi connectivity index (χ2n) is 4.12. The Morgan fingerprint density at radius 3 is 2.89 bits per heavy atom. The van der Waals surface area contributed by atoms with Crippen molar-refractivity contribution in [1.29, 1.82) is 5.26 Å². The topological polar surface area (TPSA) is 52.9 Å². The molecule has 1 amide bonds. The summed E-state index contributed by atoms with van der Waals surface area (Å²) in [4.78, 5) is 12.8. The molecule has 3 nitrogen and oxygen atoms in total. The van der Waals surface area contributed by atoms with Crippen LogP contribution in [0.2, 0.25) is 0 Å². The van der Waals surface area contributed by atoms with Crippen LogP contribution in [0.15, 0.2) is 40.8 Å². The molecule has 0 saturated carbocycles. The fourth-order valence-electron chi connectivity index (χ4n) is 1.96. The first-order valence-electron chi connectivity index (χ1n) is 5.96. The van der Waals surface area contributed by atoms with E-state index in [1.807, 2.05) is 35.7 Å². The molecule has 0 fully saturated rings. The summed E-state index contributed by atoms with van der Waals surface area (Å²) < 4.78 is 0. The average Bonchev–Trinajstić information content (AvgIpc) is 2.42. The van der Waals surface area contributed by atoms with Crippen molar-refractivity contribution in [2.24, 2.45) is 0 Å². The molecule has 1 N–H and O–H groups in total. The molecule has 0 atom stereocenters. The summed E-state index contributed by atoms with van der Waals surface area (Å²) in [5.74, 6) is -0.0410. The van der Waals surface area contributed by atoms with Gasteiger partial charge in [-0.15, -0.1) is 0 Å². The first-order valence-corrected chi connectivity index (χ1v) is 6.78. The summed E-state index contributed by atoms with van der Waals surface area (Å²) in [6.45, 7) is 0. The van der Waals surface area contributed by atoms with E-state index in [0.29, 0.717) is 5.69 Å². The fraction of sp³-hybridized carbons (Fsp3) is 0.286. The largest absolute Gasteiger partial charge is 0.321 e. The maximum absolute atomic E-state index is 12.1. The molecule has 0 aromatic heterocycles. The van der Waals surface area contributed by atoms with Gasteiger partial charge >= 0.3 is 0 Å². The quantitative estimate of drug-likeness (QED) is 0.664. The van der Waals surface area contributed by atoms with Crippen LogP contribution in [0.25, 0.3) is 0 Å². The third-order valence-electron chi connectivity index (χ3n) is 2.87. The van der Waals surface area contributed by atoms with Gasteiger partial charge in [0.1, 0.15) is 5.40 Å². The van der Waals surface area contributed by atoms with E-state index in [2.05, 4.69) is 5.32 Å². The van der Waals surface area contributed by atoms with Gasteiger partial charge in [0.2, 0.25) is 0 Å². The molecule has 0 unspecified atom stereocenters. The van der Waals surface area contributed by atoms with E-state index >= 15 is 0 Å². The number of nitrogens with zero attached hydrogens (tertiary/aromatic N) is 1. The number of para-hydroxylation sites is 1. The summed E-state index contributed by atoms with van der Waals surface area (Å²) in [6.07, 6.45) is 6.08. The molecular weight excluding hydrogens is 244 g/mol. The zero-order valence-corrected chi connectivity index (χ0v) is 10.8. The number of carbonyl (C=O) groups is 1. The van der Waals surface area contributed by atoms with E-state index in [0.717, 1.165) is 47.9 Å². The number of benzene rings is 1. The smallest absolute Gasteiger partial charge is 0.251 e. The van der Waals surface area contributed by atoms with Crippen LogP contribution in [-0.2, 0) is 4.79 Å². The summed E-state index contributed by atoms with van der Waals surface area (Å²) >= 11 is 1.06. The first-order chi connectivity index (χ1) is 8.81. The molecule has 0 radical (unpaired) electrons. The highest BCUT2D eigenvalue weighted by Gasteiger charge is 2.13. The van der Waals surface area contributed by atoms with Crippen LogP contribution in [0.4, 0.5) is 5.69 Å². The molecule has 1 aromatic carbocycles. The van der Waals surface area contributed by atoms with E-state index in [9.17, 15) is 4.79 Å². The summed E-state index contributed by atoms with van der Waals surface area (Å²) in [6, 6.07) is 7.36. The van der Waals surface area contributed by atoms with Crippen molar-refractivity contribution in [3.05, 3.63) is 35.9 Å². The molecule has 1 aliphatic rings. The Morgan fingerprint density at radius 1 is 1.33 bits per heavy atom. The normalized spacial score (nSPS) is 14.5. The number of anilines is 1. The van der Waals surface area contributed by atoms with Crippen molar-refractivity contribution in [3.63, 3.8) is 0 Å². The van der Waals surface area contributed by atoms with Crippen LogP contribution in [0, 0.1) is 10.7 Å². The molecule has 4 heteroatoms. The highest BCUT2D eigenvalue weighted by atomic mass is 32.2. The number of amides is 1. The van der Waals surface area contributed by atoms with Gasteiger partial charge in [-0.05, 0) is 49.6 Å². The minimum Gasteiger partial charge on any atom is -0.321 e. The third-order valence-corrected chi connectivity index (χ3v) is 3.54. The number of hydrogen-bond donors (Lipinski definition) is 1. The second kappa shape index (κ2) is 6.27. The molecular formula is C14H14N2OS. The van der Waals surface area contributed by atoms with Gasteiger partial charge in [-0.3, -0.25) is 4.79 Å². The lowest BCUT2D eigenvalue weighted by Crippen LogP contribution is -2.16. The SMILES string of the molecule is N#CSc1ccccc1NC(=O)C1=CCCCC1. The van der Waals surface area contributed by atoms with Gasteiger partial charge in [0.05, 0.1) is 5.69 Å². The molecule has 0 heterocycles. The zero-order chi connectivity index (χ0) is 12.8. The highest BCUT2D eigenvalue weighted by molar-refractivity contribution is 8.03. The van der Waals surface area contributed by atoms with Crippen molar-refractivity contribution in [2.75, 3.05) is 5.32 Å². The van der Waals surface area contributed by atoms with Crippen molar-refractivity contribution < 1.29 is 4.79 Å². The van der Waals surface area contributed by atoms with Crippen LogP contribution in [-0.4, -0.2) is 5.91 Å². The van der Waals surface area contributed by atoms with Crippen molar-refractivity contribution in [1.82, 2.24) is 0 Å². The lowest BCUT2D eigenvalue weighted by molar-refractivity contribution is -0.113. The molecule has 2 rings (SSSR count). The Hall–Kier alpha value is -1.73. The van der Waals surface area contributed by atoms with Crippen LogP contribution < -0.4 is 5.32 Å². The predicted octanol–water partition coefficient (Wildman–Crippen LogP) is 3.70. The highest BCUT2D eigenvalue weighted by Crippen LogP contribution is 2.27. The lowest BCUT2D eigenvalue weighted by atomic mass is 9.99. The number of rotatable bonds is 3. The monoisotopic (exact) mass is 258 g/mol. The summed E-state index contributed by atoms with van der Waals surface area (Å²) in [5.41, 5.74) is 1.57. The van der Waals surface area contributed by atoms with Gasteiger partial charge in [0.15, 0.2) is 0 Å². The van der Waals surface area contributed by atoms with E-state index in [-0.39, 0.29) is 5.91 Å². The summed E-state index contributed by atoms with van der Waals surface area (Å²) in [5, 5.41) is 13.6. The van der Waals surface area contributed by atoms with Crippen molar-refractivity contribution in [3.8, 4) is 5.40 Å². The van der Waals surface area contributed by atoms with Gasteiger partial charge in [-0.2, -0.15) is 5.26 Å². The number of allylic oxidation sites excluding steroid dienone is 1. The Morgan fingerprint density at radius 2 is 2.17 bits per heavy atom. The van der Waals surface area contributed by atoms with Gasteiger partial charge in [0, 0.05) is 10.5 Å². The molecule has 18 heavy (non-hydrogen) atoms. The van der Waals surface area contributed by atoms with E-state index in [4.69, 9.17) is 5.26 Å². The number of carbonyl (C=O) groups excluding carboxylic acids is 1. The second-order valence-corrected chi connectivity index (χ2v) is 4.95. The first kappa shape index (κ1) is 12.7. The van der Waals surface area contributed by atoms with Crippen LogP contribution >= 0.6 is 11.8 Å². The predicted molar refractivity (Wildman–Crippen MR) is 73.1 cm³/mol. The van der Waals surface area contributed by atoms with E-state index in [1.165, 1.54) is 0 Å². The van der Waals surface area contributed by atoms with Gasteiger partial charge in [-0.1, -0.05) is 18.2 Å². The number of nitrogens with one attached hydrogen (secondary N) is 1. The zero-order valence-electron chi connectivity index (χ0n) is 9.98.